The predicted octanol–water partition coefficient (Wildman–Crippen LogP) is 5.28. The Labute approximate surface area is 154 Å². The van der Waals surface area contributed by atoms with Gasteiger partial charge in [-0.2, -0.15) is 0 Å². The van der Waals surface area contributed by atoms with Crippen molar-refractivity contribution in [2.75, 3.05) is 0 Å². The largest absolute Gasteiger partial charge is 0.332 e. The average molecular weight is 372 g/mol. The Hall–Kier alpha value is -1.98. The predicted molar refractivity (Wildman–Crippen MR) is 100 cm³/mol. The van der Waals surface area contributed by atoms with E-state index in [0.29, 0.717) is 18.7 Å². The van der Waals surface area contributed by atoms with Gasteiger partial charge in [-0.05, 0) is 46.9 Å². The van der Waals surface area contributed by atoms with Crippen LogP contribution in [0.2, 0.25) is 0 Å². The summed E-state index contributed by atoms with van der Waals surface area (Å²) in [5, 5.41) is 4.06. The van der Waals surface area contributed by atoms with Crippen LogP contribution in [0.15, 0.2) is 59.3 Å². The zero-order valence-corrected chi connectivity index (χ0v) is 15.2. The SMILES string of the molecule is O=C(C1CC1c1ccccc1F)N(Cc1cccs1)Cc1cccs1. The Morgan fingerprint density at radius 3 is 2.20 bits per heavy atom. The van der Waals surface area contributed by atoms with Crippen LogP contribution in [0, 0.1) is 11.7 Å². The van der Waals surface area contributed by atoms with Crippen molar-refractivity contribution in [2.45, 2.75) is 25.4 Å². The Bertz CT molecular complexity index is 808. The van der Waals surface area contributed by atoms with Gasteiger partial charge in [0.05, 0.1) is 13.1 Å². The lowest BCUT2D eigenvalue weighted by Crippen LogP contribution is -2.31. The molecule has 4 rings (SSSR count). The first kappa shape index (κ1) is 16.5. The smallest absolute Gasteiger partial charge is 0.226 e. The molecule has 1 aliphatic carbocycles. The van der Waals surface area contributed by atoms with Gasteiger partial charge >= 0.3 is 0 Å². The number of nitrogens with zero attached hydrogens (tertiary/aromatic N) is 1. The maximum Gasteiger partial charge on any atom is 0.226 e. The van der Waals surface area contributed by atoms with E-state index in [-0.39, 0.29) is 23.6 Å². The second-order valence-corrected chi connectivity index (χ2v) is 8.39. The molecule has 0 N–H and O–H groups in total. The second kappa shape index (κ2) is 7.10. The summed E-state index contributed by atoms with van der Waals surface area (Å²) in [5.74, 6) is -0.152. The molecule has 1 fully saturated rings. The number of rotatable bonds is 6. The van der Waals surface area contributed by atoms with Gasteiger partial charge in [0, 0.05) is 15.7 Å². The number of carbonyl (C=O) groups excluding carboxylic acids is 1. The van der Waals surface area contributed by atoms with E-state index < -0.39 is 0 Å². The molecule has 2 aromatic heterocycles. The molecule has 2 unspecified atom stereocenters. The molecule has 0 spiro atoms. The van der Waals surface area contributed by atoms with Crippen molar-refractivity contribution in [1.29, 1.82) is 0 Å². The van der Waals surface area contributed by atoms with Crippen LogP contribution in [0.4, 0.5) is 4.39 Å². The fourth-order valence-electron chi connectivity index (χ4n) is 3.22. The van der Waals surface area contributed by atoms with Gasteiger partial charge < -0.3 is 4.90 Å². The third-order valence-electron chi connectivity index (χ3n) is 4.58. The number of hydrogen-bond acceptors (Lipinski definition) is 3. The first-order chi connectivity index (χ1) is 12.2. The molecule has 0 bridgehead atoms. The number of amides is 1. The molecule has 25 heavy (non-hydrogen) atoms. The molecule has 1 aromatic carbocycles. The van der Waals surface area contributed by atoms with Gasteiger partial charge in [-0.15, -0.1) is 22.7 Å². The van der Waals surface area contributed by atoms with Crippen LogP contribution >= 0.6 is 22.7 Å². The molecular formula is C20H18FNOS2. The van der Waals surface area contributed by atoms with E-state index >= 15 is 0 Å². The van der Waals surface area contributed by atoms with Crippen LogP contribution in [0.1, 0.15) is 27.7 Å². The van der Waals surface area contributed by atoms with Gasteiger partial charge in [-0.25, -0.2) is 4.39 Å². The van der Waals surface area contributed by atoms with Crippen LogP contribution in [0.5, 0.6) is 0 Å². The number of hydrogen-bond donors (Lipinski definition) is 0. The van der Waals surface area contributed by atoms with Gasteiger partial charge in [0.25, 0.3) is 0 Å². The minimum atomic E-state index is -0.203. The van der Waals surface area contributed by atoms with Gasteiger partial charge in [0.1, 0.15) is 5.82 Å². The molecule has 5 heteroatoms. The highest BCUT2D eigenvalue weighted by Crippen LogP contribution is 2.49. The Morgan fingerprint density at radius 2 is 1.64 bits per heavy atom. The molecule has 2 heterocycles. The normalized spacial score (nSPS) is 18.9. The average Bonchev–Trinajstić information content (AvgIpc) is 2.99. The van der Waals surface area contributed by atoms with Crippen LogP contribution in [-0.4, -0.2) is 10.8 Å². The number of thiophene rings is 2. The first-order valence-corrected chi connectivity index (χ1v) is 10.1. The molecular weight excluding hydrogens is 353 g/mol. The summed E-state index contributed by atoms with van der Waals surface area (Å²) >= 11 is 3.33. The summed E-state index contributed by atoms with van der Waals surface area (Å²) < 4.78 is 14.0. The molecule has 128 valence electrons. The van der Waals surface area contributed by atoms with E-state index in [4.69, 9.17) is 0 Å². The van der Waals surface area contributed by atoms with E-state index in [1.54, 1.807) is 34.8 Å². The lowest BCUT2D eigenvalue weighted by molar-refractivity contribution is -0.133. The standard InChI is InChI=1S/C20H18FNOS2/c21-19-8-2-1-7-16(19)17-11-18(17)20(23)22(12-14-5-3-9-24-14)13-15-6-4-10-25-15/h1-10,17-18H,11-13H2. The lowest BCUT2D eigenvalue weighted by Gasteiger charge is -2.22. The minimum Gasteiger partial charge on any atom is -0.332 e. The van der Waals surface area contributed by atoms with E-state index in [2.05, 4.69) is 12.1 Å². The quantitative estimate of drug-likeness (QED) is 0.577. The molecule has 0 aliphatic heterocycles. The van der Waals surface area contributed by atoms with Crippen molar-refractivity contribution < 1.29 is 9.18 Å². The van der Waals surface area contributed by atoms with Gasteiger partial charge in [-0.1, -0.05) is 30.3 Å². The zero-order chi connectivity index (χ0) is 17.2. The maximum atomic E-state index is 14.0. The highest BCUT2D eigenvalue weighted by atomic mass is 32.1. The summed E-state index contributed by atoms with van der Waals surface area (Å²) in [5.41, 5.74) is 0.674. The maximum absolute atomic E-state index is 14.0. The van der Waals surface area contributed by atoms with E-state index in [1.165, 1.54) is 15.8 Å². The van der Waals surface area contributed by atoms with E-state index in [9.17, 15) is 9.18 Å². The second-order valence-electron chi connectivity index (χ2n) is 6.32. The first-order valence-electron chi connectivity index (χ1n) is 8.30. The Balaban J connectivity index is 1.51. The van der Waals surface area contributed by atoms with E-state index in [0.717, 1.165) is 6.42 Å². The molecule has 1 saturated carbocycles. The van der Waals surface area contributed by atoms with Crippen LogP contribution < -0.4 is 0 Å². The molecule has 3 aromatic rings. The summed E-state index contributed by atoms with van der Waals surface area (Å²) in [4.78, 5) is 17.3. The molecule has 2 atom stereocenters. The van der Waals surface area contributed by atoms with E-state index in [1.807, 2.05) is 33.9 Å². The topological polar surface area (TPSA) is 20.3 Å². The molecule has 1 amide bonds. The van der Waals surface area contributed by atoms with Crippen molar-refractivity contribution >= 4 is 28.6 Å². The number of halogens is 1. The third kappa shape index (κ3) is 3.67. The van der Waals surface area contributed by atoms with Crippen molar-refractivity contribution in [1.82, 2.24) is 4.90 Å². The summed E-state index contributed by atoms with van der Waals surface area (Å²) in [6, 6.07) is 14.9. The highest BCUT2D eigenvalue weighted by Gasteiger charge is 2.46. The molecule has 1 aliphatic rings. The third-order valence-corrected chi connectivity index (χ3v) is 6.30. The number of carbonyl (C=O) groups is 1. The van der Waals surface area contributed by atoms with Crippen molar-refractivity contribution in [3.05, 3.63) is 80.4 Å². The fraction of sp³-hybridized carbons (Fsp3) is 0.250. The number of benzene rings is 1. The van der Waals surface area contributed by atoms with Crippen LogP contribution in [-0.2, 0) is 17.9 Å². The van der Waals surface area contributed by atoms with Crippen molar-refractivity contribution in [3.8, 4) is 0 Å². The van der Waals surface area contributed by atoms with Crippen molar-refractivity contribution in [3.63, 3.8) is 0 Å². The summed E-state index contributed by atoms with van der Waals surface area (Å²) in [7, 11) is 0. The van der Waals surface area contributed by atoms with Crippen molar-refractivity contribution in [2.24, 2.45) is 5.92 Å². The van der Waals surface area contributed by atoms with Crippen LogP contribution in [0.25, 0.3) is 0 Å². The van der Waals surface area contributed by atoms with Gasteiger partial charge in [0.2, 0.25) is 5.91 Å². The fourth-order valence-corrected chi connectivity index (χ4v) is 4.65. The Kier molecular flexibility index (Phi) is 4.68. The molecule has 0 radical (unpaired) electrons. The van der Waals surface area contributed by atoms with Crippen LogP contribution in [0.3, 0.4) is 0 Å². The highest BCUT2D eigenvalue weighted by molar-refractivity contribution is 7.10. The summed E-state index contributed by atoms with van der Waals surface area (Å²) in [6.45, 7) is 1.24. The zero-order valence-electron chi connectivity index (χ0n) is 13.6. The monoisotopic (exact) mass is 371 g/mol. The minimum absolute atomic E-state index is 0.0165. The molecule has 0 saturated heterocycles. The van der Waals surface area contributed by atoms with Gasteiger partial charge in [0.15, 0.2) is 0 Å². The van der Waals surface area contributed by atoms with Gasteiger partial charge in [-0.3, -0.25) is 4.79 Å². The lowest BCUT2D eigenvalue weighted by atomic mass is 10.1. The Morgan fingerprint density at radius 1 is 1.00 bits per heavy atom. The molecule has 2 nitrogen and oxygen atoms in total. The summed E-state index contributed by atoms with van der Waals surface area (Å²) in [6.07, 6.45) is 0.741.